The van der Waals surface area contributed by atoms with Crippen LogP contribution in [0.5, 0.6) is 0 Å². The number of aromatic nitrogens is 4. The predicted octanol–water partition coefficient (Wildman–Crippen LogP) is 9.58. The average Bonchev–Trinajstić information content (AvgIpc) is 3.09. The van der Waals surface area contributed by atoms with E-state index in [1.165, 1.54) is 16.7 Å². The van der Waals surface area contributed by atoms with Crippen molar-refractivity contribution in [3.8, 4) is 67.5 Å². The highest BCUT2D eigenvalue weighted by molar-refractivity contribution is 5.87. The molecule has 4 nitrogen and oxygen atoms in total. The number of hydrogen-bond donors (Lipinski definition) is 0. The smallest absolute Gasteiger partial charge is 0.0893 e. The van der Waals surface area contributed by atoms with Gasteiger partial charge in [0.25, 0.3) is 0 Å². The lowest BCUT2D eigenvalue weighted by Gasteiger charge is -2.14. The molecule has 0 saturated carbocycles. The van der Waals surface area contributed by atoms with Crippen LogP contribution < -0.4 is 0 Å². The van der Waals surface area contributed by atoms with Gasteiger partial charge in [0.15, 0.2) is 0 Å². The van der Waals surface area contributed by atoms with Crippen molar-refractivity contribution in [2.75, 3.05) is 0 Å². The van der Waals surface area contributed by atoms with Gasteiger partial charge in [-0.1, -0.05) is 84.4 Å². The first-order valence-corrected chi connectivity index (χ1v) is 14.3. The van der Waals surface area contributed by atoms with Crippen molar-refractivity contribution < 1.29 is 0 Å². The summed E-state index contributed by atoms with van der Waals surface area (Å²) in [7, 11) is 0. The molecule has 0 unspecified atom stereocenters. The van der Waals surface area contributed by atoms with E-state index in [1.54, 1.807) is 12.4 Å². The first-order valence-electron chi connectivity index (χ1n) is 14.3. The molecule has 4 aromatic heterocycles. The first-order chi connectivity index (χ1) is 21.2. The zero-order valence-electron chi connectivity index (χ0n) is 23.7. The number of benzene rings is 3. The van der Waals surface area contributed by atoms with Crippen LogP contribution >= 0.6 is 0 Å². The molecule has 0 N–H and O–H groups in total. The normalized spacial score (nSPS) is 10.9. The van der Waals surface area contributed by atoms with Crippen LogP contribution in [0, 0.1) is 6.92 Å². The lowest BCUT2D eigenvalue weighted by atomic mass is 9.91. The van der Waals surface area contributed by atoms with Crippen molar-refractivity contribution >= 4 is 0 Å². The highest BCUT2D eigenvalue weighted by Crippen LogP contribution is 2.36. The number of aryl methyl sites for hydroxylation is 1. The van der Waals surface area contributed by atoms with Gasteiger partial charge in [-0.2, -0.15) is 0 Å². The zero-order chi connectivity index (χ0) is 29.0. The molecule has 0 amide bonds. The van der Waals surface area contributed by atoms with Gasteiger partial charge in [-0.3, -0.25) is 9.97 Å². The average molecular weight is 553 g/mol. The van der Waals surface area contributed by atoms with E-state index in [2.05, 4.69) is 95.8 Å². The van der Waals surface area contributed by atoms with Crippen LogP contribution in [0.1, 0.15) is 5.56 Å². The van der Waals surface area contributed by atoms with Gasteiger partial charge in [0, 0.05) is 23.5 Å². The Balaban J connectivity index is 1.27. The Hall–Kier alpha value is -5.74. The van der Waals surface area contributed by atoms with Crippen LogP contribution in [0.2, 0.25) is 0 Å². The van der Waals surface area contributed by atoms with E-state index in [0.717, 1.165) is 56.4 Å². The molecule has 204 valence electrons. The monoisotopic (exact) mass is 552 g/mol. The molecule has 0 radical (unpaired) electrons. The zero-order valence-corrected chi connectivity index (χ0v) is 23.7. The van der Waals surface area contributed by atoms with Gasteiger partial charge in [0.05, 0.1) is 34.2 Å². The summed E-state index contributed by atoms with van der Waals surface area (Å²) in [6, 6.07) is 47.9. The van der Waals surface area contributed by atoms with E-state index in [9.17, 15) is 0 Å². The van der Waals surface area contributed by atoms with Gasteiger partial charge in [0.2, 0.25) is 0 Å². The second kappa shape index (κ2) is 11.6. The number of rotatable bonds is 6. The molecule has 0 aliphatic carbocycles. The van der Waals surface area contributed by atoms with Crippen molar-refractivity contribution in [1.29, 1.82) is 0 Å². The largest absolute Gasteiger partial charge is 0.255 e. The standard InChI is InChI=1S/C39H28N4/c1-27-20-21-32(28-10-6-12-30(25-28)34-16-8-18-38(42-34)36-14-2-4-22-40-36)33(24-27)29-11-7-13-31(26-29)35-17-9-19-39(43-35)37-15-3-5-23-41-37/h2-26H,1H3. The lowest BCUT2D eigenvalue weighted by Crippen LogP contribution is -1.92. The fourth-order valence-electron chi connectivity index (χ4n) is 5.35. The van der Waals surface area contributed by atoms with Gasteiger partial charge in [-0.25, -0.2) is 9.97 Å². The summed E-state index contributed by atoms with van der Waals surface area (Å²) >= 11 is 0. The molecular formula is C39H28N4. The third-order valence-corrected chi connectivity index (χ3v) is 7.47. The summed E-state index contributed by atoms with van der Waals surface area (Å²) in [6.45, 7) is 2.14. The van der Waals surface area contributed by atoms with E-state index in [0.29, 0.717) is 0 Å². The van der Waals surface area contributed by atoms with Crippen molar-refractivity contribution in [1.82, 2.24) is 19.9 Å². The molecule has 0 aliphatic rings. The molecule has 0 atom stereocenters. The molecule has 7 aromatic rings. The maximum Gasteiger partial charge on any atom is 0.0893 e. The Morgan fingerprint density at radius 1 is 0.349 bits per heavy atom. The highest BCUT2D eigenvalue weighted by atomic mass is 14.8. The Kier molecular flexibility index (Phi) is 7.08. The number of hydrogen-bond acceptors (Lipinski definition) is 4. The minimum Gasteiger partial charge on any atom is -0.255 e. The van der Waals surface area contributed by atoms with Crippen molar-refractivity contribution in [2.24, 2.45) is 0 Å². The molecule has 43 heavy (non-hydrogen) atoms. The van der Waals surface area contributed by atoms with E-state index >= 15 is 0 Å². The minimum atomic E-state index is 0.858. The van der Waals surface area contributed by atoms with E-state index in [4.69, 9.17) is 9.97 Å². The van der Waals surface area contributed by atoms with Crippen LogP contribution in [-0.2, 0) is 0 Å². The van der Waals surface area contributed by atoms with Crippen molar-refractivity contribution in [3.05, 3.63) is 157 Å². The second-order valence-corrected chi connectivity index (χ2v) is 10.5. The topological polar surface area (TPSA) is 51.6 Å². The SMILES string of the molecule is Cc1ccc(-c2cccc(-c3cccc(-c4ccccn4)n3)c2)c(-c2cccc(-c3cccc(-c4ccccn4)n3)c2)c1. The summed E-state index contributed by atoms with van der Waals surface area (Å²) in [4.78, 5) is 18.9. The quantitative estimate of drug-likeness (QED) is 0.206. The third-order valence-electron chi connectivity index (χ3n) is 7.47. The Morgan fingerprint density at radius 2 is 0.814 bits per heavy atom. The molecule has 3 aromatic carbocycles. The summed E-state index contributed by atoms with van der Waals surface area (Å²) in [5.74, 6) is 0. The summed E-state index contributed by atoms with van der Waals surface area (Å²) in [6.07, 6.45) is 3.59. The molecule has 4 heteroatoms. The predicted molar refractivity (Wildman–Crippen MR) is 175 cm³/mol. The first kappa shape index (κ1) is 26.2. The van der Waals surface area contributed by atoms with Crippen LogP contribution in [0.3, 0.4) is 0 Å². The van der Waals surface area contributed by atoms with Gasteiger partial charge in [0.1, 0.15) is 0 Å². The maximum absolute atomic E-state index is 4.95. The molecule has 4 heterocycles. The highest BCUT2D eigenvalue weighted by Gasteiger charge is 2.12. The maximum atomic E-state index is 4.95. The summed E-state index contributed by atoms with van der Waals surface area (Å²) in [5.41, 5.74) is 13.2. The van der Waals surface area contributed by atoms with E-state index in [-0.39, 0.29) is 0 Å². The minimum absolute atomic E-state index is 0.858. The molecule has 0 fully saturated rings. The molecule has 0 spiro atoms. The number of nitrogens with zero attached hydrogens (tertiary/aromatic N) is 4. The van der Waals surface area contributed by atoms with Crippen LogP contribution in [0.25, 0.3) is 67.5 Å². The van der Waals surface area contributed by atoms with Crippen LogP contribution in [0.15, 0.2) is 152 Å². The summed E-state index contributed by atoms with van der Waals surface area (Å²) in [5, 5.41) is 0. The molecule has 0 bridgehead atoms. The Labute approximate surface area is 251 Å². The molecule has 7 rings (SSSR count). The number of pyridine rings is 4. The van der Waals surface area contributed by atoms with Gasteiger partial charge >= 0.3 is 0 Å². The fraction of sp³-hybridized carbons (Fsp3) is 0.0256. The molecule has 0 aliphatic heterocycles. The van der Waals surface area contributed by atoms with Gasteiger partial charge < -0.3 is 0 Å². The van der Waals surface area contributed by atoms with E-state index in [1.807, 2.05) is 60.7 Å². The third kappa shape index (κ3) is 5.59. The second-order valence-electron chi connectivity index (χ2n) is 10.5. The lowest BCUT2D eigenvalue weighted by molar-refractivity contribution is 1.25. The summed E-state index contributed by atoms with van der Waals surface area (Å²) < 4.78 is 0. The Morgan fingerprint density at radius 3 is 1.35 bits per heavy atom. The fourth-order valence-corrected chi connectivity index (χ4v) is 5.35. The van der Waals surface area contributed by atoms with Crippen LogP contribution in [-0.4, -0.2) is 19.9 Å². The van der Waals surface area contributed by atoms with Gasteiger partial charge in [-0.15, -0.1) is 0 Å². The molecule has 0 saturated heterocycles. The van der Waals surface area contributed by atoms with Gasteiger partial charge in [-0.05, 0) is 89.8 Å². The Bertz CT molecular complexity index is 2040. The van der Waals surface area contributed by atoms with E-state index < -0.39 is 0 Å². The molecular weight excluding hydrogens is 524 g/mol. The van der Waals surface area contributed by atoms with Crippen molar-refractivity contribution in [3.63, 3.8) is 0 Å². The van der Waals surface area contributed by atoms with Crippen molar-refractivity contribution in [2.45, 2.75) is 6.92 Å². The van der Waals surface area contributed by atoms with Crippen LogP contribution in [0.4, 0.5) is 0 Å².